The molecular formula is C16H20IN5O. The smallest absolute Gasteiger partial charge is 0.242 e. The van der Waals surface area contributed by atoms with E-state index in [0.717, 1.165) is 6.42 Å². The van der Waals surface area contributed by atoms with Crippen molar-refractivity contribution in [1.29, 1.82) is 5.41 Å². The Bertz CT molecular complexity index is 643. The van der Waals surface area contributed by atoms with Crippen LogP contribution in [0.4, 0.5) is 5.95 Å². The maximum Gasteiger partial charge on any atom is 0.242 e. The number of nitrogens with zero attached hydrogens (tertiary/aromatic N) is 3. The van der Waals surface area contributed by atoms with Gasteiger partial charge in [-0.15, -0.1) is 10.2 Å². The van der Waals surface area contributed by atoms with Crippen molar-refractivity contribution >= 4 is 40.3 Å². The van der Waals surface area contributed by atoms with E-state index in [9.17, 15) is 5.11 Å². The summed E-state index contributed by atoms with van der Waals surface area (Å²) in [5, 5.41) is 28.3. The van der Waals surface area contributed by atoms with Crippen LogP contribution in [0.25, 0.3) is 5.57 Å². The van der Waals surface area contributed by atoms with E-state index in [4.69, 9.17) is 5.41 Å². The molecule has 1 heterocycles. The van der Waals surface area contributed by atoms with Crippen molar-refractivity contribution in [2.75, 3.05) is 12.4 Å². The van der Waals surface area contributed by atoms with Gasteiger partial charge < -0.3 is 15.8 Å². The van der Waals surface area contributed by atoms with Crippen molar-refractivity contribution in [3.05, 3.63) is 29.8 Å². The fourth-order valence-electron chi connectivity index (χ4n) is 1.85. The summed E-state index contributed by atoms with van der Waals surface area (Å²) in [6.45, 7) is 3.60. The normalized spacial score (nSPS) is 14.4. The summed E-state index contributed by atoms with van der Waals surface area (Å²) in [4.78, 5) is 4.13. The second-order valence-corrected chi connectivity index (χ2v) is 6.29. The van der Waals surface area contributed by atoms with Gasteiger partial charge in [-0.3, -0.25) is 0 Å². The first-order valence-electron chi connectivity index (χ1n) is 7.08. The molecule has 6 nitrogen and oxygen atoms in total. The van der Waals surface area contributed by atoms with Gasteiger partial charge in [0.05, 0.1) is 6.20 Å². The molecule has 2 unspecified atom stereocenters. The van der Waals surface area contributed by atoms with Gasteiger partial charge in [-0.2, -0.15) is 0 Å². The highest BCUT2D eigenvalue weighted by Gasteiger charge is 2.16. The molecule has 0 amide bonds. The van der Waals surface area contributed by atoms with Crippen LogP contribution in [0, 0.1) is 23.2 Å². The molecule has 0 saturated carbocycles. The van der Waals surface area contributed by atoms with E-state index in [-0.39, 0.29) is 15.6 Å². The van der Waals surface area contributed by atoms with Gasteiger partial charge in [0.1, 0.15) is 5.69 Å². The zero-order chi connectivity index (χ0) is 17.2. The van der Waals surface area contributed by atoms with Crippen molar-refractivity contribution in [3.8, 4) is 11.8 Å². The molecule has 2 atom stereocenters. The fraction of sp³-hybridized carbons (Fsp3) is 0.375. The predicted molar refractivity (Wildman–Crippen MR) is 102 cm³/mol. The van der Waals surface area contributed by atoms with Crippen LogP contribution in [0.1, 0.15) is 26.0 Å². The van der Waals surface area contributed by atoms with Gasteiger partial charge in [-0.1, -0.05) is 47.6 Å². The molecule has 122 valence electrons. The molecule has 23 heavy (non-hydrogen) atoms. The molecule has 0 saturated heterocycles. The van der Waals surface area contributed by atoms with Gasteiger partial charge in [0, 0.05) is 28.7 Å². The Morgan fingerprint density at radius 1 is 1.52 bits per heavy atom. The molecule has 0 fully saturated rings. The van der Waals surface area contributed by atoms with Crippen molar-refractivity contribution < 1.29 is 5.11 Å². The van der Waals surface area contributed by atoms with E-state index in [1.54, 1.807) is 20.2 Å². The molecule has 0 aliphatic carbocycles. The minimum Gasteiger partial charge on any atom is -0.500 e. The van der Waals surface area contributed by atoms with Crippen LogP contribution in [0.15, 0.2) is 24.1 Å². The summed E-state index contributed by atoms with van der Waals surface area (Å²) in [5.74, 6) is 5.62. The summed E-state index contributed by atoms with van der Waals surface area (Å²) < 4.78 is 0.156. The summed E-state index contributed by atoms with van der Waals surface area (Å²) in [5.41, 5.74) is 1.07. The predicted octanol–water partition coefficient (Wildman–Crippen LogP) is 3.24. The Labute approximate surface area is 150 Å². The van der Waals surface area contributed by atoms with Gasteiger partial charge in [-0.05, 0) is 19.3 Å². The van der Waals surface area contributed by atoms with Gasteiger partial charge in [0.25, 0.3) is 0 Å². The summed E-state index contributed by atoms with van der Waals surface area (Å²) >= 11 is 2.20. The monoisotopic (exact) mass is 425 g/mol. The van der Waals surface area contributed by atoms with Crippen molar-refractivity contribution in [2.24, 2.45) is 5.92 Å². The summed E-state index contributed by atoms with van der Waals surface area (Å²) in [7, 11) is 1.71. The number of aliphatic hydroxyl groups is 1. The number of anilines is 1. The van der Waals surface area contributed by atoms with Crippen LogP contribution in [-0.4, -0.2) is 37.5 Å². The fourth-order valence-corrected chi connectivity index (χ4v) is 2.14. The first-order chi connectivity index (χ1) is 11.0. The molecule has 1 aromatic rings. The number of halogens is 1. The van der Waals surface area contributed by atoms with E-state index in [0.29, 0.717) is 17.2 Å². The molecule has 0 radical (unpaired) electrons. The van der Waals surface area contributed by atoms with E-state index < -0.39 is 0 Å². The molecule has 1 aromatic heterocycles. The standard InChI is InChI=1S/C16H20IN5O/c1-4-6-14(23)15(11(2)7-5-8-12(17)9-18)13-10-20-16(19-3)22-21-13/h5,7,9-12,18,23H,8H2,1-3H3,(H,19,20,22)/b7-5-,15-14-,18-9?. The molecule has 3 N–H and O–H groups in total. The lowest BCUT2D eigenvalue weighted by molar-refractivity contribution is 0.437. The van der Waals surface area contributed by atoms with Crippen LogP contribution in [-0.2, 0) is 0 Å². The number of alkyl halides is 1. The highest BCUT2D eigenvalue weighted by Crippen LogP contribution is 2.25. The van der Waals surface area contributed by atoms with Crippen molar-refractivity contribution in [2.45, 2.75) is 24.2 Å². The third-order valence-electron chi connectivity index (χ3n) is 2.98. The Hall–Kier alpha value is -1.95. The van der Waals surface area contributed by atoms with Gasteiger partial charge in [0.15, 0.2) is 5.76 Å². The Morgan fingerprint density at radius 3 is 2.78 bits per heavy atom. The number of hydrogen-bond acceptors (Lipinski definition) is 6. The van der Waals surface area contributed by atoms with Crippen LogP contribution in [0.5, 0.6) is 0 Å². The molecule has 7 heteroatoms. The van der Waals surface area contributed by atoms with E-state index in [2.05, 4.69) is 54.9 Å². The number of aromatic nitrogens is 3. The first-order valence-corrected chi connectivity index (χ1v) is 8.33. The number of rotatable bonds is 7. The quantitative estimate of drug-likeness (QED) is 0.156. The lowest BCUT2D eigenvalue weighted by Crippen LogP contribution is -2.06. The average molecular weight is 425 g/mol. The third kappa shape index (κ3) is 5.98. The minimum absolute atomic E-state index is 0.0314. The van der Waals surface area contributed by atoms with Crippen molar-refractivity contribution in [1.82, 2.24) is 15.2 Å². The third-order valence-corrected chi connectivity index (χ3v) is 3.85. The Morgan fingerprint density at radius 2 is 2.26 bits per heavy atom. The van der Waals surface area contributed by atoms with Crippen LogP contribution < -0.4 is 5.32 Å². The molecule has 0 aliphatic heterocycles. The number of aliphatic hydroxyl groups excluding tert-OH is 1. The topological polar surface area (TPSA) is 94.8 Å². The number of hydrogen-bond donors (Lipinski definition) is 3. The number of allylic oxidation sites excluding steroid dienone is 4. The Kier molecular flexibility index (Phi) is 8.26. The average Bonchev–Trinajstić information content (AvgIpc) is 2.55. The van der Waals surface area contributed by atoms with E-state index >= 15 is 0 Å². The van der Waals surface area contributed by atoms with Gasteiger partial charge in [0.2, 0.25) is 5.95 Å². The zero-order valence-electron chi connectivity index (χ0n) is 13.3. The zero-order valence-corrected chi connectivity index (χ0v) is 15.5. The SMILES string of the molecule is CC#C/C(O)=C(/c1cnc(NC)nn1)C(C)/C=C\CC(I)C=N. The van der Waals surface area contributed by atoms with Crippen molar-refractivity contribution in [3.63, 3.8) is 0 Å². The van der Waals surface area contributed by atoms with Crippen LogP contribution >= 0.6 is 22.6 Å². The summed E-state index contributed by atoms with van der Waals surface area (Å²) in [6.07, 6.45) is 7.67. The molecule has 0 aliphatic rings. The molecule has 0 spiro atoms. The van der Waals surface area contributed by atoms with Gasteiger partial charge >= 0.3 is 0 Å². The lowest BCUT2D eigenvalue weighted by atomic mass is 9.96. The number of nitrogens with one attached hydrogen (secondary N) is 2. The highest BCUT2D eigenvalue weighted by atomic mass is 127. The second kappa shape index (κ2) is 9.94. The maximum atomic E-state index is 10.2. The highest BCUT2D eigenvalue weighted by molar-refractivity contribution is 14.1. The molecule has 0 aromatic carbocycles. The molecule has 0 bridgehead atoms. The summed E-state index contributed by atoms with van der Waals surface area (Å²) in [6, 6.07) is 0. The maximum absolute atomic E-state index is 10.2. The molecular weight excluding hydrogens is 405 g/mol. The van der Waals surface area contributed by atoms with Crippen LogP contribution in [0.2, 0.25) is 0 Å². The second-order valence-electron chi connectivity index (χ2n) is 4.69. The first kappa shape index (κ1) is 19.1. The van der Waals surface area contributed by atoms with Crippen LogP contribution in [0.3, 0.4) is 0 Å². The molecule has 1 rings (SSSR count). The van der Waals surface area contributed by atoms with Gasteiger partial charge in [-0.25, -0.2) is 4.98 Å². The Balaban J connectivity index is 3.12. The minimum atomic E-state index is -0.110. The van der Waals surface area contributed by atoms with E-state index in [1.807, 2.05) is 19.1 Å². The largest absolute Gasteiger partial charge is 0.500 e. The van der Waals surface area contributed by atoms with E-state index in [1.165, 1.54) is 6.21 Å². The lowest BCUT2D eigenvalue weighted by Gasteiger charge is -2.12.